The smallest absolute Gasteiger partial charge is 0.272 e. The van der Waals surface area contributed by atoms with Crippen LogP contribution in [0.15, 0.2) is 30.3 Å². The average Bonchev–Trinajstić information content (AvgIpc) is 3.33. The number of likely N-dealkylation sites (tertiary alicyclic amines) is 1. The summed E-state index contributed by atoms with van der Waals surface area (Å²) < 4.78 is 6.99. The summed E-state index contributed by atoms with van der Waals surface area (Å²) in [5, 5.41) is 4.36. The zero-order chi connectivity index (χ0) is 21.1. The van der Waals surface area contributed by atoms with E-state index in [0.717, 1.165) is 31.6 Å². The highest BCUT2D eigenvalue weighted by Gasteiger charge is 2.32. The van der Waals surface area contributed by atoms with Crippen LogP contribution in [0.25, 0.3) is 0 Å². The lowest BCUT2D eigenvalue weighted by molar-refractivity contribution is 0.0564. The van der Waals surface area contributed by atoms with Gasteiger partial charge in [-0.15, -0.1) is 0 Å². The van der Waals surface area contributed by atoms with Crippen molar-refractivity contribution in [3.63, 3.8) is 0 Å². The number of benzene rings is 1. The Labute approximate surface area is 179 Å². The summed E-state index contributed by atoms with van der Waals surface area (Å²) in [5.74, 6) is 0.554. The van der Waals surface area contributed by atoms with Crippen molar-refractivity contribution in [2.45, 2.75) is 38.6 Å². The second-order valence-electron chi connectivity index (χ2n) is 8.87. The van der Waals surface area contributed by atoms with Gasteiger partial charge < -0.3 is 9.64 Å². The lowest BCUT2D eigenvalue weighted by Gasteiger charge is -2.38. The Morgan fingerprint density at radius 1 is 1.27 bits per heavy atom. The first-order valence-corrected chi connectivity index (χ1v) is 11.1. The van der Waals surface area contributed by atoms with Gasteiger partial charge in [0.1, 0.15) is 5.69 Å². The molecule has 0 saturated carbocycles. The van der Waals surface area contributed by atoms with E-state index in [9.17, 15) is 4.79 Å². The molecule has 1 aliphatic carbocycles. The number of carbonyl (C=O) groups is 1. The number of hydrogen-bond donors (Lipinski definition) is 0. The van der Waals surface area contributed by atoms with Crippen molar-refractivity contribution in [3.8, 4) is 0 Å². The molecule has 1 aromatic heterocycles. The average molecular weight is 411 g/mol. The van der Waals surface area contributed by atoms with Gasteiger partial charge in [0.05, 0.1) is 12.3 Å². The van der Waals surface area contributed by atoms with Gasteiger partial charge in [0.25, 0.3) is 5.91 Å². The fourth-order valence-electron chi connectivity index (χ4n) is 5.13. The Morgan fingerprint density at radius 2 is 2.00 bits per heavy atom. The molecule has 0 spiro atoms. The maximum absolute atomic E-state index is 13.2. The van der Waals surface area contributed by atoms with Gasteiger partial charge in [0, 0.05) is 39.8 Å². The summed E-state index contributed by atoms with van der Waals surface area (Å²) in [4.78, 5) is 17.9. The summed E-state index contributed by atoms with van der Waals surface area (Å²) in [6.45, 7) is 6.11. The molecule has 0 bridgehead atoms. The van der Waals surface area contributed by atoms with Crippen LogP contribution in [0.5, 0.6) is 0 Å². The normalized spacial score (nSPS) is 19.8. The van der Waals surface area contributed by atoms with Crippen molar-refractivity contribution in [3.05, 3.63) is 52.8 Å². The maximum atomic E-state index is 13.2. The number of piperidine rings is 1. The van der Waals surface area contributed by atoms with E-state index in [0.29, 0.717) is 30.8 Å². The van der Waals surface area contributed by atoms with Crippen LogP contribution in [0.4, 0.5) is 0 Å². The summed E-state index contributed by atoms with van der Waals surface area (Å²) >= 11 is 0. The Kier molecular flexibility index (Phi) is 6.54. The highest BCUT2D eigenvalue weighted by atomic mass is 16.5. The predicted molar refractivity (Wildman–Crippen MR) is 118 cm³/mol. The van der Waals surface area contributed by atoms with E-state index in [-0.39, 0.29) is 5.91 Å². The monoisotopic (exact) mass is 410 g/mol. The van der Waals surface area contributed by atoms with Crippen LogP contribution in [0.2, 0.25) is 0 Å². The van der Waals surface area contributed by atoms with Crippen LogP contribution in [0, 0.1) is 12.8 Å². The second-order valence-corrected chi connectivity index (χ2v) is 8.87. The highest BCUT2D eigenvalue weighted by molar-refractivity contribution is 5.92. The number of aryl methyl sites for hydroxylation is 2. The Morgan fingerprint density at radius 3 is 2.63 bits per heavy atom. The third-order valence-corrected chi connectivity index (χ3v) is 6.65. The molecule has 2 aliphatic rings. The van der Waals surface area contributed by atoms with Crippen LogP contribution in [-0.4, -0.2) is 71.4 Å². The summed E-state index contributed by atoms with van der Waals surface area (Å²) in [6.07, 6.45) is 4.69. The van der Waals surface area contributed by atoms with E-state index in [1.807, 2.05) is 24.9 Å². The standard InChI is InChI=1S/C24H34N4O2/c1-18-13-23(26(2)25-18)24(29)28(11-12-30-3)17-19-7-6-10-27(16-19)22-14-20-8-4-5-9-21(20)15-22/h4-5,8-9,13,19,22H,6-7,10-12,14-17H2,1-3H3/t19-/m1/s1. The summed E-state index contributed by atoms with van der Waals surface area (Å²) in [5.41, 5.74) is 4.54. The molecular formula is C24H34N4O2. The number of carbonyl (C=O) groups excluding carboxylic acids is 1. The molecule has 2 heterocycles. The van der Waals surface area contributed by atoms with Crippen molar-refractivity contribution >= 4 is 5.91 Å². The predicted octanol–water partition coefficient (Wildman–Crippen LogP) is 2.70. The first-order valence-electron chi connectivity index (χ1n) is 11.1. The van der Waals surface area contributed by atoms with E-state index in [2.05, 4.69) is 34.3 Å². The van der Waals surface area contributed by atoms with Gasteiger partial charge in [0.2, 0.25) is 0 Å². The summed E-state index contributed by atoms with van der Waals surface area (Å²) in [6, 6.07) is 11.3. The topological polar surface area (TPSA) is 50.6 Å². The minimum absolute atomic E-state index is 0.0561. The minimum Gasteiger partial charge on any atom is -0.383 e. The number of rotatable bonds is 7. The number of ether oxygens (including phenoxy) is 1. The molecule has 0 unspecified atom stereocenters. The largest absolute Gasteiger partial charge is 0.383 e. The Balaban J connectivity index is 1.41. The molecule has 4 rings (SSSR count). The number of hydrogen-bond acceptors (Lipinski definition) is 4. The molecule has 1 amide bonds. The molecule has 2 aromatic rings. The second kappa shape index (κ2) is 9.31. The minimum atomic E-state index is 0.0561. The molecule has 6 heteroatoms. The summed E-state index contributed by atoms with van der Waals surface area (Å²) in [7, 11) is 3.53. The van der Waals surface area contributed by atoms with Crippen molar-refractivity contribution in [1.29, 1.82) is 0 Å². The van der Waals surface area contributed by atoms with Crippen LogP contribution < -0.4 is 0 Å². The SMILES string of the molecule is COCCN(C[C@@H]1CCCN(C2Cc3ccccc3C2)C1)C(=O)c1cc(C)nn1C. The molecule has 6 nitrogen and oxygen atoms in total. The number of amides is 1. The molecule has 162 valence electrons. The molecule has 0 N–H and O–H groups in total. The lowest BCUT2D eigenvalue weighted by Crippen LogP contribution is -2.47. The Bertz CT molecular complexity index is 853. The molecule has 0 radical (unpaired) electrons. The van der Waals surface area contributed by atoms with E-state index in [4.69, 9.17) is 4.74 Å². The van der Waals surface area contributed by atoms with E-state index < -0.39 is 0 Å². The third kappa shape index (κ3) is 4.60. The van der Waals surface area contributed by atoms with Crippen LogP contribution in [-0.2, 0) is 24.6 Å². The first kappa shape index (κ1) is 21.1. The van der Waals surface area contributed by atoms with E-state index >= 15 is 0 Å². The molecular weight excluding hydrogens is 376 g/mol. The Hall–Kier alpha value is -2.18. The van der Waals surface area contributed by atoms with Gasteiger partial charge >= 0.3 is 0 Å². The quantitative estimate of drug-likeness (QED) is 0.704. The zero-order valence-corrected chi connectivity index (χ0v) is 18.5. The molecule has 1 aromatic carbocycles. The van der Waals surface area contributed by atoms with Crippen LogP contribution in [0.3, 0.4) is 0 Å². The fraction of sp³-hybridized carbons (Fsp3) is 0.583. The lowest BCUT2D eigenvalue weighted by atomic mass is 9.95. The number of nitrogens with zero attached hydrogens (tertiary/aromatic N) is 4. The number of aromatic nitrogens is 2. The van der Waals surface area contributed by atoms with Crippen molar-refractivity contribution in [1.82, 2.24) is 19.6 Å². The number of fused-ring (bicyclic) bond motifs is 1. The highest BCUT2D eigenvalue weighted by Crippen LogP contribution is 2.29. The van der Waals surface area contributed by atoms with Crippen LogP contribution >= 0.6 is 0 Å². The van der Waals surface area contributed by atoms with E-state index in [1.54, 1.807) is 11.8 Å². The third-order valence-electron chi connectivity index (χ3n) is 6.65. The van der Waals surface area contributed by atoms with Crippen molar-refractivity contribution < 1.29 is 9.53 Å². The maximum Gasteiger partial charge on any atom is 0.272 e. The first-order chi connectivity index (χ1) is 14.5. The molecule has 1 fully saturated rings. The van der Waals surface area contributed by atoms with Gasteiger partial charge in [-0.2, -0.15) is 5.10 Å². The molecule has 1 saturated heterocycles. The van der Waals surface area contributed by atoms with Crippen molar-refractivity contribution in [2.75, 3.05) is 39.9 Å². The van der Waals surface area contributed by atoms with Gasteiger partial charge in [-0.3, -0.25) is 14.4 Å². The molecule has 1 atom stereocenters. The van der Waals surface area contributed by atoms with Crippen LogP contribution in [0.1, 0.15) is 40.2 Å². The van der Waals surface area contributed by atoms with E-state index in [1.165, 1.54) is 30.5 Å². The van der Waals surface area contributed by atoms with Crippen molar-refractivity contribution in [2.24, 2.45) is 13.0 Å². The number of methoxy groups -OCH3 is 1. The fourth-order valence-corrected chi connectivity index (χ4v) is 5.13. The molecule has 1 aliphatic heterocycles. The van der Waals surface area contributed by atoms with Gasteiger partial charge in [-0.05, 0) is 62.3 Å². The molecule has 30 heavy (non-hydrogen) atoms. The van der Waals surface area contributed by atoms with Gasteiger partial charge in [0.15, 0.2) is 0 Å². The van der Waals surface area contributed by atoms with Gasteiger partial charge in [-0.25, -0.2) is 0 Å². The van der Waals surface area contributed by atoms with Gasteiger partial charge in [-0.1, -0.05) is 24.3 Å². The zero-order valence-electron chi connectivity index (χ0n) is 18.5.